The molecule has 0 bridgehead atoms. The van der Waals surface area contributed by atoms with Gasteiger partial charge in [-0.2, -0.15) is 0 Å². The standard InChI is InChI=1S/C9H16O2/c1-8(11)7-9(2,3)5-4-6-10/h6H,4-5,7H2,1-3H3. The van der Waals surface area contributed by atoms with Gasteiger partial charge < -0.3 is 9.59 Å². The molecule has 0 aliphatic heterocycles. The van der Waals surface area contributed by atoms with E-state index in [1.807, 2.05) is 13.8 Å². The lowest BCUT2D eigenvalue weighted by Crippen LogP contribution is -2.15. The molecule has 0 radical (unpaired) electrons. The van der Waals surface area contributed by atoms with E-state index in [-0.39, 0.29) is 11.2 Å². The molecule has 0 unspecified atom stereocenters. The minimum atomic E-state index is -0.00720. The number of carbonyl (C=O) groups is 2. The van der Waals surface area contributed by atoms with Crippen LogP contribution in [0.5, 0.6) is 0 Å². The average Bonchev–Trinajstić information content (AvgIpc) is 1.81. The van der Waals surface area contributed by atoms with Crippen molar-refractivity contribution < 1.29 is 9.59 Å². The quantitative estimate of drug-likeness (QED) is 0.570. The third-order valence-corrected chi connectivity index (χ3v) is 1.67. The Labute approximate surface area is 68.0 Å². The number of rotatable bonds is 5. The van der Waals surface area contributed by atoms with Crippen LogP contribution in [-0.2, 0) is 9.59 Å². The highest BCUT2D eigenvalue weighted by Crippen LogP contribution is 2.26. The highest BCUT2D eigenvalue weighted by Gasteiger charge is 2.18. The van der Waals surface area contributed by atoms with Crippen molar-refractivity contribution in [3.05, 3.63) is 0 Å². The topological polar surface area (TPSA) is 34.1 Å². The summed E-state index contributed by atoms with van der Waals surface area (Å²) in [4.78, 5) is 20.8. The van der Waals surface area contributed by atoms with Crippen LogP contribution in [-0.4, -0.2) is 12.1 Å². The largest absolute Gasteiger partial charge is 0.303 e. The molecule has 0 spiro atoms. The summed E-state index contributed by atoms with van der Waals surface area (Å²) in [6, 6.07) is 0. The van der Waals surface area contributed by atoms with Crippen LogP contribution in [0.2, 0.25) is 0 Å². The van der Waals surface area contributed by atoms with Crippen LogP contribution in [0, 0.1) is 5.41 Å². The highest BCUT2D eigenvalue weighted by molar-refractivity contribution is 5.76. The van der Waals surface area contributed by atoms with Crippen LogP contribution in [0.15, 0.2) is 0 Å². The van der Waals surface area contributed by atoms with Crippen molar-refractivity contribution in [1.82, 2.24) is 0 Å². The summed E-state index contributed by atoms with van der Waals surface area (Å²) in [7, 11) is 0. The van der Waals surface area contributed by atoms with Crippen molar-refractivity contribution in [3.63, 3.8) is 0 Å². The predicted molar refractivity (Wildman–Crippen MR) is 44.4 cm³/mol. The molecule has 2 heteroatoms. The summed E-state index contributed by atoms with van der Waals surface area (Å²) in [6.07, 6.45) is 2.83. The van der Waals surface area contributed by atoms with Crippen LogP contribution in [0.4, 0.5) is 0 Å². The molecule has 0 aliphatic carbocycles. The second kappa shape index (κ2) is 4.27. The molecular formula is C9H16O2. The number of hydrogen-bond donors (Lipinski definition) is 0. The Morgan fingerprint density at radius 1 is 1.45 bits per heavy atom. The van der Waals surface area contributed by atoms with E-state index in [4.69, 9.17) is 0 Å². The minimum absolute atomic E-state index is 0.00720. The van der Waals surface area contributed by atoms with Crippen molar-refractivity contribution in [3.8, 4) is 0 Å². The monoisotopic (exact) mass is 156 g/mol. The molecule has 64 valence electrons. The number of ketones is 1. The summed E-state index contributed by atoms with van der Waals surface area (Å²) in [5, 5.41) is 0. The van der Waals surface area contributed by atoms with Crippen molar-refractivity contribution in [2.45, 2.75) is 40.0 Å². The van der Waals surface area contributed by atoms with Gasteiger partial charge in [0.15, 0.2) is 0 Å². The molecule has 0 heterocycles. The molecule has 0 saturated carbocycles. The summed E-state index contributed by atoms with van der Waals surface area (Å²) in [5.41, 5.74) is -0.00720. The lowest BCUT2D eigenvalue weighted by atomic mass is 9.83. The Morgan fingerprint density at radius 2 is 2.00 bits per heavy atom. The van der Waals surface area contributed by atoms with E-state index in [1.165, 1.54) is 0 Å². The van der Waals surface area contributed by atoms with E-state index >= 15 is 0 Å². The molecule has 0 aromatic carbocycles. The molecule has 0 aromatic heterocycles. The maximum absolute atomic E-state index is 10.7. The van der Waals surface area contributed by atoms with Crippen LogP contribution < -0.4 is 0 Å². The Balaban J connectivity index is 3.78. The van der Waals surface area contributed by atoms with Gasteiger partial charge in [-0.1, -0.05) is 13.8 Å². The van der Waals surface area contributed by atoms with E-state index in [0.717, 1.165) is 12.7 Å². The molecule has 0 atom stereocenters. The molecule has 0 aliphatic rings. The van der Waals surface area contributed by atoms with E-state index in [9.17, 15) is 9.59 Å². The summed E-state index contributed by atoms with van der Waals surface area (Å²) in [5.74, 6) is 0.195. The zero-order chi connectivity index (χ0) is 8.91. The maximum Gasteiger partial charge on any atom is 0.130 e. The number of carbonyl (C=O) groups excluding carboxylic acids is 2. The number of aldehydes is 1. The fourth-order valence-corrected chi connectivity index (χ4v) is 1.21. The van der Waals surface area contributed by atoms with Gasteiger partial charge in [0.2, 0.25) is 0 Å². The van der Waals surface area contributed by atoms with Gasteiger partial charge in [-0.05, 0) is 18.8 Å². The molecule has 0 fully saturated rings. The molecule has 0 amide bonds. The third-order valence-electron chi connectivity index (χ3n) is 1.67. The van der Waals surface area contributed by atoms with Crippen molar-refractivity contribution in [2.75, 3.05) is 0 Å². The van der Waals surface area contributed by atoms with E-state index < -0.39 is 0 Å². The minimum Gasteiger partial charge on any atom is -0.303 e. The molecule has 11 heavy (non-hydrogen) atoms. The normalized spacial score (nSPS) is 11.2. The first-order valence-corrected chi connectivity index (χ1v) is 3.91. The maximum atomic E-state index is 10.7. The van der Waals surface area contributed by atoms with E-state index in [2.05, 4.69) is 0 Å². The molecule has 0 saturated heterocycles. The van der Waals surface area contributed by atoms with Crippen molar-refractivity contribution in [2.24, 2.45) is 5.41 Å². The molecule has 0 aromatic rings. The molecular weight excluding hydrogens is 140 g/mol. The van der Waals surface area contributed by atoms with Crippen LogP contribution in [0.1, 0.15) is 40.0 Å². The van der Waals surface area contributed by atoms with Gasteiger partial charge in [-0.3, -0.25) is 0 Å². The summed E-state index contributed by atoms with van der Waals surface area (Å²) >= 11 is 0. The Hall–Kier alpha value is -0.660. The lowest BCUT2D eigenvalue weighted by Gasteiger charge is -2.21. The van der Waals surface area contributed by atoms with Gasteiger partial charge in [0.25, 0.3) is 0 Å². The fraction of sp³-hybridized carbons (Fsp3) is 0.778. The van der Waals surface area contributed by atoms with Gasteiger partial charge in [-0.25, -0.2) is 0 Å². The predicted octanol–water partition coefficient (Wildman–Crippen LogP) is 1.97. The second-order valence-electron chi connectivity index (χ2n) is 3.75. The first-order valence-electron chi connectivity index (χ1n) is 3.91. The van der Waals surface area contributed by atoms with Gasteiger partial charge in [0.05, 0.1) is 0 Å². The van der Waals surface area contributed by atoms with Crippen LogP contribution in [0.25, 0.3) is 0 Å². The second-order valence-corrected chi connectivity index (χ2v) is 3.75. The van der Waals surface area contributed by atoms with Gasteiger partial charge >= 0.3 is 0 Å². The van der Waals surface area contributed by atoms with Crippen LogP contribution in [0.3, 0.4) is 0 Å². The Bertz CT molecular complexity index is 148. The van der Waals surface area contributed by atoms with Crippen LogP contribution >= 0.6 is 0 Å². The Kier molecular flexibility index (Phi) is 4.01. The van der Waals surface area contributed by atoms with E-state index in [1.54, 1.807) is 6.92 Å². The van der Waals surface area contributed by atoms with Gasteiger partial charge in [-0.15, -0.1) is 0 Å². The highest BCUT2D eigenvalue weighted by atomic mass is 16.1. The summed E-state index contributed by atoms with van der Waals surface area (Å²) < 4.78 is 0. The fourth-order valence-electron chi connectivity index (χ4n) is 1.21. The van der Waals surface area contributed by atoms with E-state index in [0.29, 0.717) is 12.8 Å². The lowest BCUT2D eigenvalue weighted by molar-refractivity contribution is -0.119. The molecule has 0 rings (SSSR count). The first kappa shape index (κ1) is 10.3. The average molecular weight is 156 g/mol. The Morgan fingerprint density at radius 3 is 2.36 bits per heavy atom. The number of hydrogen-bond acceptors (Lipinski definition) is 2. The smallest absolute Gasteiger partial charge is 0.130 e. The number of Topliss-reactive ketones (excluding diaryl/α,β-unsaturated/α-hetero) is 1. The SMILES string of the molecule is CC(=O)CC(C)(C)CCC=O. The van der Waals surface area contributed by atoms with Crippen molar-refractivity contribution >= 4 is 12.1 Å². The first-order chi connectivity index (χ1) is 4.98. The zero-order valence-corrected chi connectivity index (χ0v) is 7.52. The molecule has 2 nitrogen and oxygen atoms in total. The summed E-state index contributed by atoms with van der Waals surface area (Å²) in [6.45, 7) is 5.61. The molecule has 0 N–H and O–H groups in total. The van der Waals surface area contributed by atoms with Gasteiger partial charge in [0.1, 0.15) is 12.1 Å². The van der Waals surface area contributed by atoms with Gasteiger partial charge in [0, 0.05) is 12.8 Å². The van der Waals surface area contributed by atoms with Crippen molar-refractivity contribution in [1.29, 1.82) is 0 Å². The zero-order valence-electron chi connectivity index (χ0n) is 7.52. The third kappa shape index (κ3) is 5.77.